The van der Waals surface area contributed by atoms with Crippen LogP contribution in [0.3, 0.4) is 0 Å². The first kappa shape index (κ1) is 26.6. The zero-order chi connectivity index (χ0) is 23.6. The van der Waals surface area contributed by atoms with Gasteiger partial charge < -0.3 is 4.74 Å². The van der Waals surface area contributed by atoms with Crippen LogP contribution in [0.2, 0.25) is 18.1 Å². The maximum absolute atomic E-state index is 14.7. The molecule has 188 valence electrons. The Morgan fingerprint density at radius 3 is 2.12 bits per heavy atom. The van der Waals surface area contributed by atoms with E-state index in [1.54, 1.807) is 0 Å². The van der Waals surface area contributed by atoms with Gasteiger partial charge in [-0.2, -0.15) is 0 Å². The van der Waals surface area contributed by atoms with E-state index in [-0.39, 0.29) is 12.5 Å². The lowest BCUT2D eigenvalue weighted by Crippen LogP contribution is -2.28. The highest BCUT2D eigenvalue weighted by Gasteiger charge is 2.32. The molecule has 2 fully saturated rings. The molecule has 0 spiro atoms. The maximum atomic E-state index is 14.7. The van der Waals surface area contributed by atoms with Crippen LogP contribution in [0.4, 0.5) is 13.2 Å². The molecule has 2 aliphatic rings. The summed E-state index contributed by atoms with van der Waals surface area (Å²) in [6.45, 7) is 4.14. The van der Waals surface area contributed by atoms with E-state index in [9.17, 15) is 13.2 Å². The van der Waals surface area contributed by atoms with Crippen LogP contribution in [0.15, 0.2) is 12.1 Å². The Kier molecular flexibility index (Phi) is 11.1. The third kappa shape index (κ3) is 8.04. The van der Waals surface area contributed by atoms with Crippen molar-refractivity contribution < 1.29 is 17.9 Å². The van der Waals surface area contributed by atoms with Crippen LogP contribution in [0, 0.1) is 23.5 Å². The predicted octanol–water partition coefficient (Wildman–Crippen LogP) is 8.97. The largest absolute Gasteiger partial charge is 0.485 e. The predicted molar refractivity (Wildman–Crippen MR) is 135 cm³/mol. The zero-order valence-corrected chi connectivity index (χ0v) is 22.1. The Hall–Kier alpha value is -0.973. The molecule has 3 rings (SSSR count). The van der Waals surface area contributed by atoms with Crippen LogP contribution in [-0.4, -0.2) is 21.6 Å². The minimum absolute atomic E-state index is 0.220. The maximum Gasteiger partial charge on any atom is 0.190 e. The molecule has 1 aliphatic heterocycles. The van der Waals surface area contributed by atoms with Crippen molar-refractivity contribution >= 4 is 8.80 Å². The van der Waals surface area contributed by atoms with Gasteiger partial charge in [-0.25, -0.2) is 13.2 Å². The van der Waals surface area contributed by atoms with Crippen molar-refractivity contribution in [2.75, 3.05) is 6.61 Å². The number of rotatable bonds is 12. The van der Waals surface area contributed by atoms with Gasteiger partial charge in [0.1, 0.15) is 12.8 Å². The van der Waals surface area contributed by atoms with Gasteiger partial charge in [-0.1, -0.05) is 76.9 Å². The Labute approximate surface area is 201 Å². The van der Waals surface area contributed by atoms with Crippen LogP contribution in [-0.2, 0) is 0 Å². The van der Waals surface area contributed by atoms with Crippen molar-refractivity contribution in [1.82, 2.24) is 0 Å². The molecule has 1 saturated heterocycles. The molecule has 1 atom stereocenters. The standard InChI is InChI=1S/C28H45F3OSi/c1-3-5-6-7-8-25(29)20-32-28-26(30)18-24(19-27(28)31)22-11-9-21(10-12-22)23-13-16-33(15-4-2)17-14-23/h18-19,21-23,25,33H,3-17,20H2,1-2H3/t21?,22?,23?,25-,33?/m1/s1. The smallest absolute Gasteiger partial charge is 0.190 e. The molecule has 0 amide bonds. The van der Waals surface area contributed by atoms with Crippen LogP contribution in [0.25, 0.3) is 0 Å². The Morgan fingerprint density at radius 2 is 1.52 bits per heavy atom. The number of hydrogen-bond donors (Lipinski definition) is 0. The monoisotopic (exact) mass is 482 g/mol. The third-order valence-corrected chi connectivity index (χ3v) is 12.0. The normalized spacial score (nSPS) is 26.8. The average molecular weight is 483 g/mol. The molecule has 1 aromatic carbocycles. The Balaban J connectivity index is 1.46. The minimum Gasteiger partial charge on any atom is -0.485 e. The van der Waals surface area contributed by atoms with Crippen LogP contribution < -0.4 is 4.74 Å². The molecular weight excluding hydrogens is 437 g/mol. The minimum atomic E-state index is -1.18. The molecule has 1 heterocycles. The first-order chi connectivity index (χ1) is 16.0. The topological polar surface area (TPSA) is 9.23 Å². The fraction of sp³-hybridized carbons (Fsp3) is 0.786. The molecule has 0 N–H and O–H groups in total. The van der Waals surface area contributed by atoms with E-state index in [1.165, 1.54) is 62.4 Å². The van der Waals surface area contributed by atoms with E-state index in [0.717, 1.165) is 55.9 Å². The molecule has 1 saturated carbocycles. The Morgan fingerprint density at radius 1 is 0.879 bits per heavy atom. The molecule has 1 nitrogen and oxygen atoms in total. The number of unbranched alkanes of at least 4 members (excludes halogenated alkanes) is 3. The van der Waals surface area contributed by atoms with E-state index >= 15 is 0 Å². The van der Waals surface area contributed by atoms with E-state index in [2.05, 4.69) is 13.8 Å². The van der Waals surface area contributed by atoms with Gasteiger partial charge in [-0.3, -0.25) is 0 Å². The molecular formula is C28H45F3OSi. The third-order valence-electron chi connectivity index (χ3n) is 8.30. The van der Waals surface area contributed by atoms with Crippen LogP contribution >= 0.6 is 0 Å². The second-order valence-electron chi connectivity index (χ2n) is 10.8. The average Bonchev–Trinajstić information content (AvgIpc) is 2.82. The molecule has 0 unspecified atom stereocenters. The number of benzene rings is 1. The van der Waals surface area contributed by atoms with Gasteiger partial charge >= 0.3 is 0 Å². The van der Waals surface area contributed by atoms with Gasteiger partial charge in [0.25, 0.3) is 0 Å². The highest BCUT2D eigenvalue weighted by molar-refractivity contribution is 6.58. The summed E-state index contributed by atoms with van der Waals surface area (Å²) in [5, 5.41) is 0. The number of hydrogen-bond acceptors (Lipinski definition) is 1. The molecule has 1 aromatic rings. The molecule has 0 radical (unpaired) electrons. The SMILES string of the molecule is CCCCCC[C@@H](F)COc1c(F)cc(C2CCC(C3CC[SiH](CCC)CC3)CC2)cc1F. The highest BCUT2D eigenvalue weighted by atomic mass is 28.3. The summed E-state index contributed by atoms with van der Waals surface area (Å²) >= 11 is 0. The molecule has 0 aromatic heterocycles. The van der Waals surface area contributed by atoms with Crippen molar-refractivity contribution in [2.45, 2.75) is 121 Å². The second-order valence-corrected chi connectivity index (χ2v) is 14.2. The fourth-order valence-corrected chi connectivity index (χ4v) is 9.76. The summed E-state index contributed by atoms with van der Waals surface area (Å²) in [6, 6.07) is 7.42. The lowest BCUT2D eigenvalue weighted by atomic mass is 9.72. The number of ether oxygens (including phenoxy) is 1. The second kappa shape index (κ2) is 13.8. The van der Waals surface area contributed by atoms with Crippen molar-refractivity contribution in [3.05, 3.63) is 29.3 Å². The summed E-state index contributed by atoms with van der Waals surface area (Å²) in [4.78, 5) is 0. The van der Waals surface area contributed by atoms with Gasteiger partial charge in [0, 0.05) is 8.80 Å². The van der Waals surface area contributed by atoms with Gasteiger partial charge in [0.2, 0.25) is 0 Å². The Bertz CT molecular complexity index is 673. The van der Waals surface area contributed by atoms with Crippen LogP contribution in [0.5, 0.6) is 5.75 Å². The van der Waals surface area contributed by atoms with Gasteiger partial charge in [-0.15, -0.1) is 0 Å². The number of alkyl halides is 1. The van der Waals surface area contributed by atoms with Gasteiger partial charge in [0.05, 0.1) is 0 Å². The van der Waals surface area contributed by atoms with Crippen molar-refractivity contribution in [3.8, 4) is 5.75 Å². The highest BCUT2D eigenvalue weighted by Crippen LogP contribution is 2.44. The first-order valence-electron chi connectivity index (χ1n) is 13.8. The number of halogens is 3. The van der Waals surface area contributed by atoms with Crippen molar-refractivity contribution in [2.24, 2.45) is 11.8 Å². The quantitative estimate of drug-likeness (QED) is 0.213. The summed E-state index contributed by atoms with van der Waals surface area (Å²) in [5.41, 5.74) is 0.742. The van der Waals surface area contributed by atoms with E-state index < -0.39 is 32.4 Å². The fourth-order valence-electron chi connectivity index (χ4n) is 6.28. The summed E-state index contributed by atoms with van der Waals surface area (Å²) < 4.78 is 48.6. The van der Waals surface area contributed by atoms with Gasteiger partial charge in [-0.05, 0) is 67.6 Å². The van der Waals surface area contributed by atoms with E-state index in [1.807, 2.05) is 0 Å². The van der Waals surface area contributed by atoms with Crippen molar-refractivity contribution in [1.29, 1.82) is 0 Å². The first-order valence-corrected chi connectivity index (χ1v) is 16.2. The van der Waals surface area contributed by atoms with Gasteiger partial charge in [0.15, 0.2) is 17.4 Å². The summed E-state index contributed by atoms with van der Waals surface area (Å²) in [5.74, 6) is 0.101. The molecule has 1 aliphatic carbocycles. The van der Waals surface area contributed by atoms with E-state index in [0.29, 0.717) is 6.42 Å². The lowest BCUT2D eigenvalue weighted by Gasteiger charge is -2.37. The lowest BCUT2D eigenvalue weighted by molar-refractivity contribution is 0.173. The zero-order valence-electron chi connectivity index (χ0n) is 20.9. The molecule has 33 heavy (non-hydrogen) atoms. The summed E-state index contributed by atoms with van der Waals surface area (Å²) in [6.07, 6.45) is 11.7. The van der Waals surface area contributed by atoms with Crippen molar-refractivity contribution in [3.63, 3.8) is 0 Å². The van der Waals surface area contributed by atoms with Crippen LogP contribution in [0.1, 0.15) is 102 Å². The summed E-state index contributed by atoms with van der Waals surface area (Å²) in [7, 11) is -0.437. The molecule has 5 heteroatoms. The van der Waals surface area contributed by atoms with E-state index in [4.69, 9.17) is 4.74 Å². The molecule has 0 bridgehead atoms.